The zero-order valence-corrected chi connectivity index (χ0v) is 18.3. The first-order valence-corrected chi connectivity index (χ1v) is 11.0. The fourth-order valence-electron chi connectivity index (χ4n) is 4.77. The van der Waals surface area contributed by atoms with Crippen LogP contribution in [0.4, 0.5) is 10.5 Å². The number of anilines is 1. The summed E-state index contributed by atoms with van der Waals surface area (Å²) in [5.74, 6) is -0.500. The Labute approximate surface area is 186 Å². The highest BCUT2D eigenvalue weighted by Gasteiger charge is 2.26. The lowest BCUT2D eigenvalue weighted by Gasteiger charge is -2.28. The molecule has 1 saturated carbocycles. The third kappa shape index (κ3) is 3.96. The van der Waals surface area contributed by atoms with Crippen molar-refractivity contribution in [2.75, 3.05) is 11.9 Å². The smallest absolute Gasteiger partial charge is 0.418 e. The minimum atomic E-state index is -0.500. The Hall–Kier alpha value is -3.32. The van der Waals surface area contributed by atoms with Crippen LogP contribution in [0.2, 0.25) is 0 Å². The molecule has 1 aromatic carbocycles. The maximum atomic E-state index is 12.6. The van der Waals surface area contributed by atoms with Crippen molar-refractivity contribution in [3.05, 3.63) is 52.7 Å². The standard InChI is InChI=1S/C25H29N3O4/c1-3-5-21-18(4-2)23(22-12-13-32-25(31)28(21)22)15-6-11-19(24(26)30)20(14-15)27-16-7-9-17(29)10-8-16/h3-6,11,14,16-17,27,29H,1,7-10,12-13H2,2H3,(H2,26,30). The lowest BCUT2D eigenvalue weighted by atomic mass is 9.92. The number of nitrogens with two attached hydrogens (primary N) is 1. The quantitative estimate of drug-likeness (QED) is 0.668. The fourth-order valence-corrected chi connectivity index (χ4v) is 4.77. The molecule has 2 aliphatic rings. The molecule has 0 saturated heterocycles. The van der Waals surface area contributed by atoms with E-state index in [2.05, 4.69) is 11.9 Å². The van der Waals surface area contributed by atoms with Crippen LogP contribution in [-0.2, 0) is 11.2 Å². The van der Waals surface area contributed by atoms with Crippen LogP contribution in [0.1, 0.15) is 48.7 Å². The van der Waals surface area contributed by atoms with E-state index >= 15 is 0 Å². The number of nitrogens with one attached hydrogen (secondary N) is 1. The monoisotopic (exact) mass is 435 g/mol. The van der Waals surface area contributed by atoms with Gasteiger partial charge in [0.05, 0.1) is 23.6 Å². The normalized spacial score (nSPS) is 21.8. The highest BCUT2D eigenvalue weighted by Crippen LogP contribution is 2.30. The number of aliphatic hydroxyl groups excluding tert-OH is 1. The van der Waals surface area contributed by atoms with Gasteiger partial charge in [0.15, 0.2) is 0 Å². The maximum absolute atomic E-state index is 12.6. The Morgan fingerprint density at radius 3 is 2.72 bits per heavy atom. The second-order valence-corrected chi connectivity index (χ2v) is 8.29. The van der Waals surface area contributed by atoms with Gasteiger partial charge in [-0.3, -0.25) is 4.79 Å². The number of hydrogen-bond acceptors (Lipinski definition) is 5. The number of rotatable bonds is 5. The predicted octanol–water partition coefficient (Wildman–Crippen LogP) is 2.28. The van der Waals surface area contributed by atoms with E-state index in [0.717, 1.165) is 53.1 Å². The van der Waals surface area contributed by atoms with Crippen LogP contribution >= 0.6 is 0 Å². The van der Waals surface area contributed by atoms with Gasteiger partial charge in [0.25, 0.3) is 5.91 Å². The van der Waals surface area contributed by atoms with E-state index in [1.54, 1.807) is 22.8 Å². The van der Waals surface area contributed by atoms with Crippen LogP contribution in [-0.4, -0.2) is 40.4 Å². The first kappa shape index (κ1) is 21.9. The first-order valence-electron chi connectivity index (χ1n) is 11.0. The Bertz CT molecular complexity index is 1190. The van der Waals surface area contributed by atoms with E-state index in [1.165, 1.54) is 0 Å². The van der Waals surface area contributed by atoms with Crippen LogP contribution in [0, 0.1) is 0 Å². The highest BCUT2D eigenvalue weighted by molar-refractivity contribution is 5.99. The lowest BCUT2D eigenvalue weighted by Crippen LogP contribution is -2.36. The number of aromatic nitrogens is 1. The molecule has 1 aliphatic carbocycles. The molecular weight excluding hydrogens is 406 g/mol. The molecule has 0 unspecified atom stereocenters. The SMILES string of the molecule is C=CC=c1c(=CC)c(-c2ccc(C(N)=O)c(NC3CCC(O)CC3)c2)c2n1C(=O)OCC2. The van der Waals surface area contributed by atoms with E-state index in [-0.39, 0.29) is 12.1 Å². The van der Waals surface area contributed by atoms with Gasteiger partial charge < -0.3 is 20.9 Å². The number of carbonyl (C=O) groups is 2. The number of primary amides is 1. The molecule has 4 N–H and O–H groups in total. The van der Waals surface area contributed by atoms with Crippen LogP contribution in [0.15, 0.2) is 30.9 Å². The van der Waals surface area contributed by atoms with Gasteiger partial charge >= 0.3 is 6.09 Å². The van der Waals surface area contributed by atoms with Crippen molar-refractivity contribution in [2.24, 2.45) is 5.73 Å². The topological polar surface area (TPSA) is 107 Å². The molecule has 168 valence electrons. The minimum absolute atomic E-state index is 0.159. The molecule has 7 heteroatoms. The summed E-state index contributed by atoms with van der Waals surface area (Å²) in [6.45, 7) is 6.04. The van der Waals surface area contributed by atoms with Gasteiger partial charge in [0.2, 0.25) is 0 Å². The van der Waals surface area contributed by atoms with E-state index < -0.39 is 12.0 Å². The number of aliphatic hydroxyl groups is 1. The van der Waals surface area contributed by atoms with Gasteiger partial charge in [-0.2, -0.15) is 0 Å². The Kier molecular flexibility index (Phi) is 6.19. The number of carbonyl (C=O) groups excluding carboxylic acids is 2. The number of amides is 1. The number of ether oxygens (including phenoxy) is 1. The summed E-state index contributed by atoms with van der Waals surface area (Å²) in [6, 6.07) is 5.70. The van der Waals surface area contributed by atoms with Crippen LogP contribution in [0.25, 0.3) is 23.3 Å². The number of hydrogen-bond donors (Lipinski definition) is 3. The Morgan fingerprint density at radius 1 is 1.31 bits per heavy atom. The van der Waals surface area contributed by atoms with Crippen LogP contribution < -0.4 is 21.6 Å². The number of allylic oxidation sites excluding steroid dienone is 1. The van der Waals surface area contributed by atoms with Gasteiger partial charge in [-0.05, 0) is 56.4 Å². The minimum Gasteiger partial charge on any atom is -0.448 e. The van der Waals surface area contributed by atoms with Crippen molar-refractivity contribution in [3.63, 3.8) is 0 Å². The second kappa shape index (κ2) is 9.04. The Morgan fingerprint density at radius 2 is 2.06 bits per heavy atom. The molecule has 2 heterocycles. The van der Waals surface area contributed by atoms with Crippen LogP contribution in [0.5, 0.6) is 0 Å². The molecule has 0 atom stereocenters. The number of nitrogens with zero attached hydrogens (tertiary/aromatic N) is 1. The first-order chi connectivity index (χ1) is 15.4. The summed E-state index contributed by atoms with van der Waals surface area (Å²) in [5.41, 5.74) is 9.46. The predicted molar refractivity (Wildman–Crippen MR) is 125 cm³/mol. The maximum Gasteiger partial charge on any atom is 0.418 e. The average Bonchev–Trinajstić information content (AvgIpc) is 3.10. The average molecular weight is 436 g/mol. The number of benzene rings is 1. The van der Waals surface area contributed by atoms with Gasteiger partial charge in [-0.15, -0.1) is 0 Å². The Balaban J connectivity index is 1.87. The van der Waals surface area contributed by atoms with E-state index in [9.17, 15) is 14.7 Å². The van der Waals surface area contributed by atoms with Gasteiger partial charge in [0.1, 0.15) is 0 Å². The van der Waals surface area contributed by atoms with Gasteiger partial charge in [-0.1, -0.05) is 24.8 Å². The molecule has 1 aromatic heterocycles. The molecule has 1 fully saturated rings. The summed E-state index contributed by atoms with van der Waals surface area (Å²) in [5, 5.41) is 14.9. The van der Waals surface area contributed by atoms with Crippen molar-refractivity contribution < 1.29 is 19.4 Å². The molecule has 0 bridgehead atoms. The molecular formula is C25H29N3O4. The second-order valence-electron chi connectivity index (χ2n) is 8.29. The summed E-state index contributed by atoms with van der Waals surface area (Å²) in [7, 11) is 0. The van der Waals surface area contributed by atoms with Crippen molar-refractivity contribution >= 4 is 29.8 Å². The lowest BCUT2D eigenvalue weighted by molar-refractivity contribution is 0.1000. The summed E-state index contributed by atoms with van der Waals surface area (Å²) in [6.07, 6.45) is 8.47. The molecule has 4 rings (SSSR count). The molecule has 7 nitrogen and oxygen atoms in total. The van der Waals surface area contributed by atoms with Crippen LogP contribution in [0.3, 0.4) is 0 Å². The zero-order chi connectivity index (χ0) is 22.8. The molecule has 2 aromatic rings. The van der Waals surface area contributed by atoms with Crippen molar-refractivity contribution in [1.82, 2.24) is 4.57 Å². The molecule has 1 aliphatic heterocycles. The van der Waals surface area contributed by atoms with Crippen molar-refractivity contribution in [1.29, 1.82) is 0 Å². The molecule has 0 spiro atoms. The van der Waals surface area contributed by atoms with Gasteiger partial charge in [-0.25, -0.2) is 9.36 Å². The molecule has 0 radical (unpaired) electrons. The van der Waals surface area contributed by atoms with Crippen molar-refractivity contribution in [2.45, 2.75) is 51.2 Å². The van der Waals surface area contributed by atoms with E-state index in [0.29, 0.717) is 24.3 Å². The van der Waals surface area contributed by atoms with E-state index in [1.807, 2.05) is 25.1 Å². The number of cyclic esters (lactones) is 1. The van der Waals surface area contributed by atoms with E-state index in [4.69, 9.17) is 10.5 Å². The number of fused-ring (bicyclic) bond motifs is 1. The third-order valence-electron chi connectivity index (χ3n) is 6.29. The highest BCUT2D eigenvalue weighted by atomic mass is 16.6. The largest absolute Gasteiger partial charge is 0.448 e. The van der Waals surface area contributed by atoms with Gasteiger partial charge in [0, 0.05) is 34.6 Å². The fraction of sp³-hybridized carbons (Fsp3) is 0.360. The summed E-state index contributed by atoms with van der Waals surface area (Å²) >= 11 is 0. The third-order valence-corrected chi connectivity index (χ3v) is 6.29. The molecule has 32 heavy (non-hydrogen) atoms. The summed E-state index contributed by atoms with van der Waals surface area (Å²) in [4.78, 5) is 24.7. The van der Waals surface area contributed by atoms with Crippen molar-refractivity contribution in [3.8, 4) is 11.1 Å². The summed E-state index contributed by atoms with van der Waals surface area (Å²) < 4.78 is 6.89. The molecule has 1 amide bonds. The zero-order valence-electron chi connectivity index (χ0n) is 18.3.